The van der Waals surface area contributed by atoms with Gasteiger partial charge in [-0.05, 0) is 24.1 Å². The van der Waals surface area contributed by atoms with Crippen LogP contribution in [0.4, 0.5) is 4.39 Å². The van der Waals surface area contributed by atoms with Crippen LogP contribution in [-0.2, 0) is 11.4 Å². The fourth-order valence-electron chi connectivity index (χ4n) is 1.52. The average Bonchev–Trinajstić information content (AvgIpc) is 2.29. The standard InChI is InChI=1S/C11H16FNO3/c1-7-8(6-13-16-4)5-9(12)11(15-3)10(7)14-2/h5,13H,6H2,1-4H3. The van der Waals surface area contributed by atoms with E-state index < -0.39 is 5.82 Å². The first-order valence-corrected chi connectivity index (χ1v) is 4.81. The molecule has 0 unspecified atom stereocenters. The van der Waals surface area contributed by atoms with Crippen molar-refractivity contribution in [3.8, 4) is 11.5 Å². The Morgan fingerprint density at radius 3 is 2.31 bits per heavy atom. The van der Waals surface area contributed by atoms with Crippen molar-refractivity contribution < 1.29 is 18.7 Å². The van der Waals surface area contributed by atoms with E-state index in [2.05, 4.69) is 5.48 Å². The Labute approximate surface area is 94.3 Å². The van der Waals surface area contributed by atoms with Crippen LogP contribution in [0.3, 0.4) is 0 Å². The molecule has 0 amide bonds. The minimum atomic E-state index is -0.446. The van der Waals surface area contributed by atoms with Gasteiger partial charge in [-0.2, -0.15) is 5.48 Å². The molecule has 1 aromatic carbocycles. The molecule has 0 atom stereocenters. The third-order valence-electron chi connectivity index (χ3n) is 2.36. The quantitative estimate of drug-likeness (QED) is 0.781. The predicted octanol–water partition coefficient (Wildman–Crippen LogP) is 1.80. The van der Waals surface area contributed by atoms with E-state index >= 15 is 0 Å². The zero-order valence-electron chi connectivity index (χ0n) is 9.89. The number of benzene rings is 1. The third-order valence-corrected chi connectivity index (χ3v) is 2.36. The number of hydrogen-bond acceptors (Lipinski definition) is 4. The van der Waals surface area contributed by atoms with Gasteiger partial charge in [0.1, 0.15) is 0 Å². The average molecular weight is 229 g/mol. The first-order chi connectivity index (χ1) is 7.65. The second-order valence-corrected chi connectivity index (χ2v) is 3.23. The van der Waals surface area contributed by atoms with Gasteiger partial charge in [0, 0.05) is 6.54 Å². The van der Waals surface area contributed by atoms with Crippen LogP contribution in [0, 0.1) is 12.7 Å². The molecule has 0 bridgehead atoms. The summed E-state index contributed by atoms with van der Waals surface area (Å²) in [5.74, 6) is 0.0921. The Hall–Kier alpha value is -1.33. The summed E-state index contributed by atoms with van der Waals surface area (Å²) in [6.45, 7) is 2.24. The van der Waals surface area contributed by atoms with E-state index in [-0.39, 0.29) is 5.75 Å². The molecule has 0 aliphatic carbocycles. The second-order valence-electron chi connectivity index (χ2n) is 3.23. The molecule has 0 heterocycles. The van der Waals surface area contributed by atoms with Crippen LogP contribution in [0.2, 0.25) is 0 Å². The van der Waals surface area contributed by atoms with Crippen molar-refractivity contribution in [1.29, 1.82) is 0 Å². The molecule has 90 valence electrons. The third kappa shape index (κ3) is 2.43. The maximum absolute atomic E-state index is 13.6. The number of rotatable bonds is 5. The van der Waals surface area contributed by atoms with Gasteiger partial charge in [-0.3, -0.25) is 0 Å². The lowest BCUT2D eigenvalue weighted by molar-refractivity contribution is 0.0864. The van der Waals surface area contributed by atoms with Gasteiger partial charge in [0.2, 0.25) is 0 Å². The van der Waals surface area contributed by atoms with Crippen LogP contribution < -0.4 is 15.0 Å². The number of nitrogens with one attached hydrogen (secondary N) is 1. The van der Waals surface area contributed by atoms with Crippen LogP contribution in [0.15, 0.2) is 6.07 Å². The molecule has 0 saturated carbocycles. The summed E-state index contributed by atoms with van der Waals surface area (Å²) in [5, 5.41) is 0. The maximum Gasteiger partial charge on any atom is 0.197 e. The topological polar surface area (TPSA) is 39.7 Å². The SMILES string of the molecule is CONCc1cc(F)c(OC)c(OC)c1C. The number of hydroxylamine groups is 1. The van der Waals surface area contributed by atoms with Gasteiger partial charge in [-0.15, -0.1) is 0 Å². The highest BCUT2D eigenvalue weighted by Gasteiger charge is 2.16. The van der Waals surface area contributed by atoms with Gasteiger partial charge in [0.25, 0.3) is 0 Å². The Bertz CT molecular complexity index is 369. The van der Waals surface area contributed by atoms with Crippen LogP contribution >= 0.6 is 0 Å². The van der Waals surface area contributed by atoms with E-state index in [1.165, 1.54) is 27.4 Å². The summed E-state index contributed by atoms with van der Waals surface area (Å²) in [4.78, 5) is 4.73. The van der Waals surface area contributed by atoms with E-state index in [4.69, 9.17) is 14.3 Å². The molecule has 0 spiro atoms. The van der Waals surface area contributed by atoms with Crippen molar-refractivity contribution >= 4 is 0 Å². The molecule has 0 aliphatic rings. The lowest BCUT2D eigenvalue weighted by Gasteiger charge is -2.15. The molecule has 4 nitrogen and oxygen atoms in total. The predicted molar refractivity (Wildman–Crippen MR) is 58.1 cm³/mol. The highest BCUT2D eigenvalue weighted by atomic mass is 19.1. The molecular weight excluding hydrogens is 213 g/mol. The lowest BCUT2D eigenvalue weighted by atomic mass is 10.1. The van der Waals surface area contributed by atoms with Crippen molar-refractivity contribution in [2.24, 2.45) is 0 Å². The largest absolute Gasteiger partial charge is 0.492 e. The minimum absolute atomic E-state index is 0.126. The van der Waals surface area contributed by atoms with Gasteiger partial charge in [0.15, 0.2) is 17.3 Å². The molecule has 0 aliphatic heterocycles. The van der Waals surface area contributed by atoms with Crippen molar-refractivity contribution in [3.05, 3.63) is 23.0 Å². The lowest BCUT2D eigenvalue weighted by Crippen LogP contribution is -2.13. The fourth-order valence-corrected chi connectivity index (χ4v) is 1.52. The summed E-state index contributed by atoms with van der Waals surface area (Å²) in [5.41, 5.74) is 4.24. The molecule has 0 saturated heterocycles. The Morgan fingerprint density at radius 1 is 1.19 bits per heavy atom. The number of hydrogen-bond donors (Lipinski definition) is 1. The summed E-state index contributed by atoms with van der Waals surface area (Å²) in [6, 6.07) is 1.41. The zero-order valence-corrected chi connectivity index (χ0v) is 9.89. The summed E-state index contributed by atoms with van der Waals surface area (Å²) in [6.07, 6.45) is 0. The van der Waals surface area contributed by atoms with Crippen LogP contribution in [0.1, 0.15) is 11.1 Å². The number of halogens is 1. The Balaban J connectivity index is 3.17. The van der Waals surface area contributed by atoms with E-state index in [0.717, 1.165) is 11.1 Å². The highest BCUT2D eigenvalue weighted by molar-refractivity contribution is 5.51. The van der Waals surface area contributed by atoms with Crippen LogP contribution in [0.25, 0.3) is 0 Å². The van der Waals surface area contributed by atoms with Crippen LogP contribution in [-0.4, -0.2) is 21.3 Å². The first-order valence-electron chi connectivity index (χ1n) is 4.81. The van der Waals surface area contributed by atoms with E-state index in [1.54, 1.807) is 0 Å². The molecule has 0 radical (unpaired) electrons. The van der Waals surface area contributed by atoms with Gasteiger partial charge in [-0.25, -0.2) is 4.39 Å². The van der Waals surface area contributed by atoms with Crippen molar-refractivity contribution in [2.45, 2.75) is 13.5 Å². The molecule has 0 aromatic heterocycles. The summed E-state index contributed by atoms with van der Waals surface area (Å²) < 4.78 is 23.7. The minimum Gasteiger partial charge on any atom is -0.492 e. The molecule has 5 heteroatoms. The summed E-state index contributed by atoms with van der Waals surface area (Å²) >= 11 is 0. The second kappa shape index (κ2) is 5.67. The molecule has 16 heavy (non-hydrogen) atoms. The Kier molecular flexibility index (Phi) is 4.52. The molecule has 1 rings (SSSR count). The van der Waals surface area contributed by atoms with E-state index in [1.807, 2.05) is 6.92 Å². The number of ether oxygens (including phenoxy) is 2. The molecular formula is C11H16FNO3. The van der Waals surface area contributed by atoms with Crippen molar-refractivity contribution in [1.82, 2.24) is 5.48 Å². The van der Waals surface area contributed by atoms with Crippen LogP contribution in [0.5, 0.6) is 11.5 Å². The number of methoxy groups -OCH3 is 2. The molecule has 1 aromatic rings. The van der Waals surface area contributed by atoms with Crippen molar-refractivity contribution in [2.75, 3.05) is 21.3 Å². The van der Waals surface area contributed by atoms with Gasteiger partial charge >= 0.3 is 0 Å². The van der Waals surface area contributed by atoms with E-state index in [0.29, 0.717) is 12.3 Å². The van der Waals surface area contributed by atoms with Gasteiger partial charge in [0.05, 0.1) is 21.3 Å². The van der Waals surface area contributed by atoms with Gasteiger partial charge in [-0.1, -0.05) is 0 Å². The zero-order chi connectivity index (χ0) is 12.1. The molecule has 0 fully saturated rings. The summed E-state index contributed by atoms with van der Waals surface area (Å²) in [7, 11) is 4.40. The van der Waals surface area contributed by atoms with Gasteiger partial charge < -0.3 is 14.3 Å². The Morgan fingerprint density at radius 2 is 1.81 bits per heavy atom. The normalized spacial score (nSPS) is 10.3. The van der Waals surface area contributed by atoms with Crippen molar-refractivity contribution in [3.63, 3.8) is 0 Å². The highest BCUT2D eigenvalue weighted by Crippen LogP contribution is 2.35. The monoisotopic (exact) mass is 229 g/mol. The smallest absolute Gasteiger partial charge is 0.197 e. The molecule has 1 N–H and O–H groups in total. The first kappa shape index (κ1) is 12.7. The fraction of sp³-hybridized carbons (Fsp3) is 0.455. The maximum atomic E-state index is 13.6. The van der Waals surface area contributed by atoms with E-state index in [9.17, 15) is 4.39 Å².